The minimum Gasteiger partial charge on any atom is -0.491 e. The van der Waals surface area contributed by atoms with E-state index in [1.54, 1.807) is 7.11 Å². The van der Waals surface area contributed by atoms with Crippen molar-refractivity contribution in [2.45, 2.75) is 19.9 Å². The second-order valence-corrected chi connectivity index (χ2v) is 5.56. The molecule has 122 valence electrons. The molecule has 6 nitrogen and oxygen atoms in total. The highest BCUT2D eigenvalue weighted by molar-refractivity contribution is 5.66. The van der Waals surface area contributed by atoms with Gasteiger partial charge in [-0.25, -0.2) is 4.79 Å². The number of hydrogen-bond donors (Lipinski definition) is 1. The Morgan fingerprint density at radius 2 is 2.14 bits per heavy atom. The Hall–Kier alpha value is -1.95. The van der Waals surface area contributed by atoms with Crippen molar-refractivity contribution in [1.82, 2.24) is 4.90 Å². The van der Waals surface area contributed by atoms with Gasteiger partial charge in [-0.15, -0.1) is 0 Å². The summed E-state index contributed by atoms with van der Waals surface area (Å²) in [7, 11) is 1.65. The smallest absolute Gasteiger partial charge is 0.407 e. The molecule has 6 heteroatoms. The van der Waals surface area contributed by atoms with Gasteiger partial charge in [0.15, 0.2) is 0 Å². The average molecular weight is 308 g/mol. The van der Waals surface area contributed by atoms with E-state index in [0.717, 1.165) is 17.0 Å². The normalized spacial score (nSPS) is 18.4. The third kappa shape index (κ3) is 3.82. The van der Waals surface area contributed by atoms with E-state index in [0.29, 0.717) is 32.8 Å². The number of piperazine rings is 1. The van der Waals surface area contributed by atoms with Crippen LogP contribution in [0.1, 0.15) is 12.5 Å². The summed E-state index contributed by atoms with van der Waals surface area (Å²) in [4.78, 5) is 14.8. The SMILES string of the molecule is COCCOc1ccc(N2CCN(C(=O)O)C(C)C2)cc1C. The summed E-state index contributed by atoms with van der Waals surface area (Å²) in [5.41, 5.74) is 2.18. The molecule has 1 atom stereocenters. The lowest BCUT2D eigenvalue weighted by Crippen LogP contribution is -2.53. The van der Waals surface area contributed by atoms with Crippen LogP contribution in [-0.4, -0.2) is 62.1 Å². The van der Waals surface area contributed by atoms with Gasteiger partial charge in [0.1, 0.15) is 12.4 Å². The molecule has 0 aliphatic carbocycles. The number of rotatable bonds is 5. The van der Waals surface area contributed by atoms with Crippen molar-refractivity contribution in [3.8, 4) is 5.75 Å². The number of methoxy groups -OCH3 is 1. The van der Waals surface area contributed by atoms with E-state index < -0.39 is 6.09 Å². The van der Waals surface area contributed by atoms with Crippen LogP contribution in [0.3, 0.4) is 0 Å². The highest BCUT2D eigenvalue weighted by atomic mass is 16.5. The molecule has 1 amide bonds. The van der Waals surface area contributed by atoms with Gasteiger partial charge in [-0.2, -0.15) is 0 Å². The Morgan fingerprint density at radius 3 is 2.73 bits per heavy atom. The van der Waals surface area contributed by atoms with E-state index >= 15 is 0 Å². The van der Waals surface area contributed by atoms with Crippen molar-refractivity contribution < 1.29 is 19.4 Å². The van der Waals surface area contributed by atoms with Gasteiger partial charge in [0, 0.05) is 38.5 Å². The zero-order chi connectivity index (χ0) is 16.1. The van der Waals surface area contributed by atoms with Gasteiger partial charge in [-0.05, 0) is 37.6 Å². The van der Waals surface area contributed by atoms with Crippen LogP contribution in [0.2, 0.25) is 0 Å². The minimum absolute atomic E-state index is 0.0100. The predicted molar refractivity (Wildman–Crippen MR) is 85.0 cm³/mol. The molecule has 1 aromatic rings. The van der Waals surface area contributed by atoms with E-state index in [-0.39, 0.29) is 6.04 Å². The molecule has 1 fully saturated rings. The number of anilines is 1. The molecule has 0 bridgehead atoms. The van der Waals surface area contributed by atoms with Crippen molar-refractivity contribution >= 4 is 11.8 Å². The van der Waals surface area contributed by atoms with Gasteiger partial charge in [-0.1, -0.05) is 0 Å². The second-order valence-electron chi connectivity index (χ2n) is 5.56. The molecule has 1 heterocycles. The molecule has 1 saturated heterocycles. The number of benzene rings is 1. The lowest BCUT2D eigenvalue weighted by molar-refractivity contribution is 0.122. The third-order valence-electron chi connectivity index (χ3n) is 3.94. The summed E-state index contributed by atoms with van der Waals surface area (Å²) >= 11 is 0. The van der Waals surface area contributed by atoms with Crippen LogP contribution in [0, 0.1) is 6.92 Å². The molecule has 0 aromatic heterocycles. The van der Waals surface area contributed by atoms with Crippen molar-refractivity contribution in [3.05, 3.63) is 23.8 Å². The van der Waals surface area contributed by atoms with Crippen LogP contribution in [-0.2, 0) is 4.74 Å². The Bertz CT molecular complexity index is 521. The van der Waals surface area contributed by atoms with Crippen LogP contribution in [0.5, 0.6) is 5.75 Å². The number of aryl methyl sites for hydroxylation is 1. The monoisotopic (exact) mass is 308 g/mol. The first-order chi connectivity index (χ1) is 10.5. The van der Waals surface area contributed by atoms with E-state index in [4.69, 9.17) is 14.6 Å². The van der Waals surface area contributed by atoms with Gasteiger partial charge in [-0.3, -0.25) is 0 Å². The highest BCUT2D eigenvalue weighted by Crippen LogP contribution is 2.26. The van der Waals surface area contributed by atoms with Crippen LogP contribution >= 0.6 is 0 Å². The molecule has 2 rings (SSSR count). The first-order valence-corrected chi connectivity index (χ1v) is 7.50. The molecule has 22 heavy (non-hydrogen) atoms. The maximum Gasteiger partial charge on any atom is 0.407 e. The molecule has 0 saturated carbocycles. The van der Waals surface area contributed by atoms with E-state index in [9.17, 15) is 4.79 Å². The Morgan fingerprint density at radius 1 is 1.36 bits per heavy atom. The Labute approximate surface area is 131 Å². The fourth-order valence-electron chi connectivity index (χ4n) is 2.70. The summed E-state index contributed by atoms with van der Waals surface area (Å²) < 4.78 is 10.6. The van der Waals surface area contributed by atoms with Crippen LogP contribution < -0.4 is 9.64 Å². The lowest BCUT2D eigenvalue weighted by atomic mass is 10.1. The number of ether oxygens (including phenoxy) is 2. The number of amides is 1. The minimum atomic E-state index is -0.842. The van der Waals surface area contributed by atoms with Crippen molar-refractivity contribution in [2.24, 2.45) is 0 Å². The highest BCUT2D eigenvalue weighted by Gasteiger charge is 2.27. The Balaban J connectivity index is 2.01. The van der Waals surface area contributed by atoms with Crippen LogP contribution in [0.25, 0.3) is 0 Å². The number of hydrogen-bond acceptors (Lipinski definition) is 4. The van der Waals surface area contributed by atoms with Crippen LogP contribution in [0.15, 0.2) is 18.2 Å². The summed E-state index contributed by atoms with van der Waals surface area (Å²) in [6, 6.07) is 6.07. The molecule has 1 N–H and O–H groups in total. The maximum atomic E-state index is 11.1. The largest absolute Gasteiger partial charge is 0.491 e. The number of carbonyl (C=O) groups is 1. The quantitative estimate of drug-likeness (QED) is 0.845. The zero-order valence-corrected chi connectivity index (χ0v) is 13.4. The summed E-state index contributed by atoms with van der Waals surface area (Å²) in [5, 5.41) is 9.13. The number of carboxylic acid groups (broad SMARTS) is 1. The van der Waals surface area contributed by atoms with E-state index in [2.05, 4.69) is 11.0 Å². The molecule has 1 aromatic carbocycles. The summed E-state index contributed by atoms with van der Waals surface area (Å²) in [6.07, 6.45) is -0.842. The molecule has 1 aliphatic heterocycles. The zero-order valence-electron chi connectivity index (χ0n) is 13.4. The molecule has 1 aliphatic rings. The molecule has 1 unspecified atom stereocenters. The Kier molecular flexibility index (Phi) is 5.49. The fourth-order valence-corrected chi connectivity index (χ4v) is 2.70. The van der Waals surface area contributed by atoms with Gasteiger partial charge in [0.2, 0.25) is 0 Å². The van der Waals surface area contributed by atoms with Gasteiger partial charge in [0.05, 0.1) is 6.61 Å². The third-order valence-corrected chi connectivity index (χ3v) is 3.94. The number of nitrogens with zero attached hydrogens (tertiary/aromatic N) is 2. The van der Waals surface area contributed by atoms with E-state index in [1.807, 2.05) is 26.0 Å². The summed E-state index contributed by atoms with van der Waals surface area (Å²) in [5.74, 6) is 0.859. The second kappa shape index (κ2) is 7.35. The lowest BCUT2D eigenvalue weighted by Gasteiger charge is -2.39. The predicted octanol–water partition coefficient (Wildman–Crippen LogP) is 2.21. The van der Waals surface area contributed by atoms with Crippen molar-refractivity contribution in [3.63, 3.8) is 0 Å². The maximum absolute atomic E-state index is 11.1. The van der Waals surface area contributed by atoms with Gasteiger partial charge in [0.25, 0.3) is 0 Å². The topological polar surface area (TPSA) is 62.2 Å². The molecular weight excluding hydrogens is 284 g/mol. The van der Waals surface area contributed by atoms with E-state index in [1.165, 1.54) is 4.90 Å². The summed E-state index contributed by atoms with van der Waals surface area (Å²) in [6.45, 7) is 7.00. The van der Waals surface area contributed by atoms with Gasteiger partial charge < -0.3 is 24.4 Å². The standard InChI is InChI=1S/C16H24N2O4/c1-12-10-14(4-5-15(12)22-9-8-21-3)17-6-7-18(16(19)20)13(2)11-17/h4-5,10,13H,6-9,11H2,1-3H3,(H,19,20). The molecule has 0 radical (unpaired) electrons. The average Bonchev–Trinajstić information content (AvgIpc) is 2.48. The fraction of sp³-hybridized carbons (Fsp3) is 0.562. The molecule has 0 spiro atoms. The van der Waals surface area contributed by atoms with Crippen LogP contribution in [0.4, 0.5) is 10.5 Å². The first-order valence-electron chi connectivity index (χ1n) is 7.50. The van der Waals surface area contributed by atoms with Crippen molar-refractivity contribution in [1.29, 1.82) is 0 Å². The van der Waals surface area contributed by atoms with Gasteiger partial charge >= 0.3 is 6.09 Å². The van der Waals surface area contributed by atoms with Crippen molar-refractivity contribution in [2.75, 3.05) is 44.9 Å². The first kappa shape index (κ1) is 16.4. The molecular formula is C16H24N2O4.